The Morgan fingerprint density at radius 1 is 1.19 bits per heavy atom. The van der Waals surface area contributed by atoms with Crippen molar-refractivity contribution < 1.29 is 18.8 Å². The van der Waals surface area contributed by atoms with E-state index in [1.165, 1.54) is 17.0 Å². The van der Waals surface area contributed by atoms with Crippen LogP contribution in [0, 0.1) is 12.7 Å². The fourth-order valence-electron chi connectivity index (χ4n) is 2.83. The molecule has 1 aliphatic heterocycles. The van der Waals surface area contributed by atoms with E-state index in [-0.39, 0.29) is 10.7 Å². The molecule has 3 rings (SSSR count). The minimum absolute atomic E-state index is 0.139. The van der Waals surface area contributed by atoms with E-state index in [1.807, 2.05) is 19.1 Å². The van der Waals surface area contributed by atoms with Gasteiger partial charge in [0.2, 0.25) is 5.91 Å². The number of amides is 4. The largest absolute Gasteiger partial charge is 0.332 e. The summed E-state index contributed by atoms with van der Waals surface area (Å²) in [6, 6.07) is 9.61. The molecule has 1 saturated heterocycles. The summed E-state index contributed by atoms with van der Waals surface area (Å²) in [7, 11) is 0. The van der Waals surface area contributed by atoms with Crippen molar-refractivity contribution in [1.29, 1.82) is 0 Å². The third-order valence-electron chi connectivity index (χ3n) is 4.26. The monoisotopic (exact) mass is 389 g/mol. The minimum atomic E-state index is -0.715. The number of nitrogens with one attached hydrogen (secondary N) is 1. The van der Waals surface area contributed by atoms with Gasteiger partial charge in [0, 0.05) is 11.4 Å². The Labute approximate surface area is 160 Å². The number of rotatable bonds is 4. The van der Waals surface area contributed by atoms with E-state index in [0.717, 1.165) is 16.5 Å². The van der Waals surface area contributed by atoms with Crippen LogP contribution >= 0.6 is 11.6 Å². The summed E-state index contributed by atoms with van der Waals surface area (Å²) < 4.78 is 13.2. The number of anilines is 2. The minimum Gasteiger partial charge on any atom is -0.324 e. The predicted octanol–water partition coefficient (Wildman–Crippen LogP) is 3.58. The second-order valence-electron chi connectivity index (χ2n) is 6.27. The Bertz CT molecular complexity index is 917. The molecule has 1 atom stereocenters. The van der Waals surface area contributed by atoms with Gasteiger partial charge in [0.25, 0.3) is 5.91 Å². The molecule has 2 aromatic carbocycles. The molecule has 0 spiro atoms. The summed E-state index contributed by atoms with van der Waals surface area (Å²) in [5, 5.41) is 2.36. The standard InChI is InChI=1S/C19H17ClFN3O3/c1-11-3-6-14(7-4-11)24-12(2)18(26)23(19(24)27)10-17(25)22-13-5-8-16(21)15(20)9-13/h3-9,12H,10H2,1-2H3,(H,22,25)/t12-/m0/s1. The number of halogens is 2. The molecule has 0 bridgehead atoms. The number of imide groups is 1. The molecule has 0 aromatic heterocycles. The van der Waals surface area contributed by atoms with E-state index in [0.29, 0.717) is 5.69 Å². The average Bonchev–Trinajstić information content (AvgIpc) is 2.83. The summed E-state index contributed by atoms with van der Waals surface area (Å²) in [5.74, 6) is -1.66. The molecule has 140 valence electrons. The number of benzene rings is 2. The zero-order valence-corrected chi connectivity index (χ0v) is 15.5. The summed E-state index contributed by atoms with van der Waals surface area (Å²) in [5.41, 5.74) is 1.88. The van der Waals surface area contributed by atoms with Gasteiger partial charge in [-0.25, -0.2) is 9.18 Å². The van der Waals surface area contributed by atoms with Gasteiger partial charge in [0.05, 0.1) is 5.02 Å². The van der Waals surface area contributed by atoms with Gasteiger partial charge in [-0.2, -0.15) is 0 Å². The third kappa shape index (κ3) is 3.78. The van der Waals surface area contributed by atoms with Gasteiger partial charge in [-0.1, -0.05) is 29.3 Å². The number of aryl methyl sites for hydroxylation is 1. The van der Waals surface area contributed by atoms with Crippen molar-refractivity contribution in [2.24, 2.45) is 0 Å². The van der Waals surface area contributed by atoms with Crippen LogP contribution in [0.25, 0.3) is 0 Å². The van der Waals surface area contributed by atoms with Crippen LogP contribution in [0.15, 0.2) is 42.5 Å². The number of nitrogens with zero attached hydrogens (tertiary/aromatic N) is 2. The molecule has 4 amide bonds. The molecule has 1 fully saturated rings. The molecule has 2 aromatic rings. The normalized spacial score (nSPS) is 16.8. The van der Waals surface area contributed by atoms with Gasteiger partial charge in [-0.15, -0.1) is 0 Å². The zero-order chi connectivity index (χ0) is 19.7. The van der Waals surface area contributed by atoms with Crippen LogP contribution in [0.1, 0.15) is 12.5 Å². The Balaban J connectivity index is 1.73. The summed E-state index contributed by atoms with van der Waals surface area (Å²) in [4.78, 5) is 39.6. The maximum Gasteiger partial charge on any atom is 0.332 e. The fraction of sp³-hybridized carbons (Fsp3) is 0.211. The van der Waals surface area contributed by atoms with Gasteiger partial charge in [0.15, 0.2) is 0 Å². The van der Waals surface area contributed by atoms with E-state index in [9.17, 15) is 18.8 Å². The second kappa shape index (κ2) is 7.36. The topological polar surface area (TPSA) is 69.7 Å². The van der Waals surface area contributed by atoms with E-state index < -0.39 is 36.2 Å². The highest BCUT2D eigenvalue weighted by Gasteiger charge is 2.44. The van der Waals surface area contributed by atoms with Crippen LogP contribution in [0.2, 0.25) is 5.02 Å². The lowest BCUT2D eigenvalue weighted by molar-refractivity contribution is -0.130. The lowest BCUT2D eigenvalue weighted by Crippen LogP contribution is -2.39. The Kier molecular flexibility index (Phi) is 5.14. The molecule has 27 heavy (non-hydrogen) atoms. The smallest absolute Gasteiger partial charge is 0.324 e. The lowest BCUT2D eigenvalue weighted by Gasteiger charge is -2.19. The van der Waals surface area contributed by atoms with Crippen molar-refractivity contribution in [1.82, 2.24) is 4.90 Å². The molecule has 0 unspecified atom stereocenters. The van der Waals surface area contributed by atoms with Crippen LogP contribution in [0.4, 0.5) is 20.6 Å². The average molecular weight is 390 g/mol. The molecule has 8 heteroatoms. The summed E-state index contributed by atoms with van der Waals surface area (Å²) in [6.07, 6.45) is 0. The van der Waals surface area contributed by atoms with Crippen LogP contribution in [-0.2, 0) is 9.59 Å². The zero-order valence-electron chi connectivity index (χ0n) is 14.7. The van der Waals surface area contributed by atoms with Crippen molar-refractivity contribution in [2.45, 2.75) is 19.9 Å². The first-order chi connectivity index (χ1) is 12.8. The second-order valence-corrected chi connectivity index (χ2v) is 6.67. The van der Waals surface area contributed by atoms with Crippen molar-refractivity contribution in [3.05, 3.63) is 58.9 Å². The lowest BCUT2D eigenvalue weighted by atomic mass is 10.2. The molecule has 0 aliphatic carbocycles. The van der Waals surface area contributed by atoms with Crippen LogP contribution < -0.4 is 10.2 Å². The number of carbonyl (C=O) groups is 3. The van der Waals surface area contributed by atoms with E-state index in [4.69, 9.17) is 11.6 Å². The third-order valence-corrected chi connectivity index (χ3v) is 4.55. The number of hydrogen-bond acceptors (Lipinski definition) is 3. The van der Waals surface area contributed by atoms with E-state index in [2.05, 4.69) is 5.32 Å². The van der Waals surface area contributed by atoms with Gasteiger partial charge in [-0.3, -0.25) is 19.4 Å². The Hall–Kier alpha value is -2.93. The predicted molar refractivity (Wildman–Crippen MR) is 100 cm³/mol. The highest BCUT2D eigenvalue weighted by Crippen LogP contribution is 2.26. The van der Waals surface area contributed by atoms with Crippen molar-refractivity contribution in [2.75, 3.05) is 16.8 Å². The summed E-state index contributed by atoms with van der Waals surface area (Å²) >= 11 is 5.68. The quantitative estimate of drug-likeness (QED) is 0.812. The molecule has 0 saturated carbocycles. The molecule has 1 aliphatic rings. The van der Waals surface area contributed by atoms with E-state index >= 15 is 0 Å². The number of urea groups is 1. The Morgan fingerprint density at radius 2 is 1.85 bits per heavy atom. The first-order valence-electron chi connectivity index (χ1n) is 8.24. The van der Waals surface area contributed by atoms with Gasteiger partial charge >= 0.3 is 6.03 Å². The molecule has 0 radical (unpaired) electrons. The number of hydrogen-bond donors (Lipinski definition) is 1. The van der Waals surface area contributed by atoms with Crippen LogP contribution in [0.3, 0.4) is 0 Å². The van der Waals surface area contributed by atoms with Crippen molar-refractivity contribution in [3.63, 3.8) is 0 Å². The van der Waals surface area contributed by atoms with E-state index in [1.54, 1.807) is 19.1 Å². The molecule has 1 N–H and O–H groups in total. The van der Waals surface area contributed by atoms with Gasteiger partial charge in [0.1, 0.15) is 18.4 Å². The molecular formula is C19H17ClFN3O3. The van der Waals surface area contributed by atoms with Crippen molar-refractivity contribution >= 4 is 40.8 Å². The molecule has 6 nitrogen and oxygen atoms in total. The maximum absolute atomic E-state index is 13.2. The highest BCUT2D eigenvalue weighted by atomic mass is 35.5. The highest BCUT2D eigenvalue weighted by molar-refractivity contribution is 6.31. The first kappa shape index (κ1) is 18.8. The number of carbonyl (C=O) groups excluding carboxylic acids is 3. The Morgan fingerprint density at radius 3 is 2.48 bits per heavy atom. The SMILES string of the molecule is Cc1ccc(N2C(=O)N(CC(=O)Nc3ccc(F)c(Cl)c3)C(=O)[C@@H]2C)cc1. The molecule has 1 heterocycles. The van der Waals surface area contributed by atoms with Gasteiger partial charge < -0.3 is 5.32 Å². The maximum atomic E-state index is 13.2. The molecular weight excluding hydrogens is 373 g/mol. The van der Waals surface area contributed by atoms with Crippen molar-refractivity contribution in [3.8, 4) is 0 Å². The van der Waals surface area contributed by atoms with Crippen LogP contribution in [-0.4, -0.2) is 35.3 Å². The summed E-state index contributed by atoms with van der Waals surface area (Å²) in [6.45, 7) is 3.08. The fourth-order valence-corrected chi connectivity index (χ4v) is 3.01. The van der Waals surface area contributed by atoms with Crippen LogP contribution in [0.5, 0.6) is 0 Å². The van der Waals surface area contributed by atoms with Gasteiger partial charge in [-0.05, 0) is 44.2 Å². The first-order valence-corrected chi connectivity index (χ1v) is 8.62.